The Morgan fingerprint density at radius 2 is 2.25 bits per heavy atom. The van der Waals surface area contributed by atoms with Crippen molar-refractivity contribution in [3.8, 4) is 0 Å². The quantitative estimate of drug-likeness (QED) is 0.816. The molecule has 0 aliphatic heterocycles. The number of aliphatic hydroxyl groups excluding tert-OH is 1. The van der Waals surface area contributed by atoms with Crippen LogP contribution in [0.2, 0.25) is 0 Å². The Bertz CT molecular complexity index is 518. The summed E-state index contributed by atoms with van der Waals surface area (Å²) in [4.78, 5) is 15.1. The van der Waals surface area contributed by atoms with Crippen molar-refractivity contribution in [2.24, 2.45) is 0 Å². The van der Waals surface area contributed by atoms with Crippen LogP contribution in [0.4, 0.5) is 0 Å². The fourth-order valence-corrected chi connectivity index (χ4v) is 1.50. The Labute approximate surface area is 91.3 Å². The van der Waals surface area contributed by atoms with E-state index in [0.717, 1.165) is 0 Å². The third-order valence-electron chi connectivity index (χ3n) is 2.24. The van der Waals surface area contributed by atoms with Crippen molar-refractivity contribution in [2.75, 3.05) is 6.61 Å². The van der Waals surface area contributed by atoms with Crippen LogP contribution in [0, 0.1) is 0 Å². The second-order valence-electron chi connectivity index (χ2n) is 3.39. The highest BCUT2D eigenvalue weighted by Gasteiger charge is 2.13. The Balaban J connectivity index is 2.44. The highest BCUT2D eigenvalue weighted by molar-refractivity contribution is 5.99. The summed E-state index contributed by atoms with van der Waals surface area (Å²) in [7, 11) is 0. The van der Waals surface area contributed by atoms with Crippen LogP contribution in [0.25, 0.3) is 11.1 Å². The maximum absolute atomic E-state index is 10.9. The lowest BCUT2D eigenvalue weighted by Gasteiger charge is -1.93. The van der Waals surface area contributed by atoms with E-state index < -0.39 is 5.97 Å². The number of aliphatic hydroxyl groups is 1. The Hall–Kier alpha value is -1.88. The third kappa shape index (κ3) is 1.90. The Morgan fingerprint density at radius 3 is 2.94 bits per heavy atom. The van der Waals surface area contributed by atoms with Crippen molar-refractivity contribution >= 4 is 17.1 Å². The smallest absolute Gasteiger partial charge is 0.339 e. The summed E-state index contributed by atoms with van der Waals surface area (Å²) in [6.45, 7) is 0.0600. The molecule has 0 spiro atoms. The lowest BCUT2D eigenvalue weighted by molar-refractivity contribution is 0.0698. The highest BCUT2D eigenvalue weighted by Crippen LogP contribution is 2.20. The van der Waals surface area contributed by atoms with Crippen LogP contribution >= 0.6 is 0 Å². The number of fused-ring (bicyclic) bond motifs is 1. The minimum absolute atomic E-state index is 0.0600. The molecule has 0 unspecified atom stereocenters. The fraction of sp³-hybridized carbons (Fsp3) is 0.273. The normalized spacial score (nSPS) is 10.8. The second kappa shape index (κ2) is 4.32. The first-order valence-corrected chi connectivity index (χ1v) is 4.95. The average molecular weight is 221 g/mol. The van der Waals surface area contributed by atoms with Gasteiger partial charge in [0.1, 0.15) is 11.1 Å². The van der Waals surface area contributed by atoms with Gasteiger partial charge < -0.3 is 14.6 Å². The molecule has 0 atom stereocenters. The number of aromatic carboxylic acids is 1. The molecule has 0 aliphatic rings. The van der Waals surface area contributed by atoms with E-state index in [-0.39, 0.29) is 12.2 Å². The molecular weight excluding hydrogens is 210 g/mol. The molecule has 0 bridgehead atoms. The Morgan fingerprint density at radius 1 is 1.44 bits per heavy atom. The van der Waals surface area contributed by atoms with E-state index in [9.17, 15) is 4.79 Å². The van der Waals surface area contributed by atoms with Gasteiger partial charge in [0.05, 0.1) is 0 Å². The first-order chi connectivity index (χ1) is 7.72. The van der Waals surface area contributed by atoms with Gasteiger partial charge in [-0.15, -0.1) is 0 Å². The van der Waals surface area contributed by atoms with Gasteiger partial charge in [0, 0.05) is 13.0 Å². The number of benzene rings is 1. The zero-order valence-electron chi connectivity index (χ0n) is 8.51. The predicted octanol–water partition coefficient (Wildman–Crippen LogP) is 1.45. The molecule has 2 N–H and O–H groups in total. The molecule has 0 saturated heterocycles. The van der Waals surface area contributed by atoms with Crippen LogP contribution in [-0.2, 0) is 6.42 Å². The molecule has 1 heterocycles. The monoisotopic (exact) mass is 221 g/mol. The molecule has 0 radical (unpaired) electrons. The van der Waals surface area contributed by atoms with Gasteiger partial charge in [-0.05, 0) is 18.6 Å². The number of hydrogen-bond acceptors (Lipinski definition) is 4. The van der Waals surface area contributed by atoms with Crippen LogP contribution in [0.5, 0.6) is 0 Å². The van der Waals surface area contributed by atoms with E-state index >= 15 is 0 Å². The van der Waals surface area contributed by atoms with Gasteiger partial charge in [-0.3, -0.25) is 0 Å². The molecule has 0 saturated carbocycles. The number of carboxylic acid groups (broad SMARTS) is 1. The molecule has 0 aliphatic carbocycles. The molecule has 0 amide bonds. The summed E-state index contributed by atoms with van der Waals surface area (Å²) in [5, 5.41) is 17.6. The molecule has 1 aromatic heterocycles. The topological polar surface area (TPSA) is 83.6 Å². The van der Waals surface area contributed by atoms with Crippen molar-refractivity contribution < 1.29 is 19.4 Å². The summed E-state index contributed by atoms with van der Waals surface area (Å²) in [5.74, 6) is -0.576. The molecule has 16 heavy (non-hydrogen) atoms. The first-order valence-electron chi connectivity index (χ1n) is 4.95. The largest absolute Gasteiger partial charge is 0.478 e. The van der Waals surface area contributed by atoms with Crippen molar-refractivity contribution in [1.29, 1.82) is 0 Å². The average Bonchev–Trinajstić information content (AvgIpc) is 2.68. The van der Waals surface area contributed by atoms with Gasteiger partial charge in [0.2, 0.25) is 0 Å². The lowest BCUT2D eigenvalue weighted by Crippen LogP contribution is -1.95. The molecule has 2 aromatic rings. The molecule has 0 fully saturated rings. The van der Waals surface area contributed by atoms with Crippen LogP contribution in [0.3, 0.4) is 0 Å². The highest BCUT2D eigenvalue weighted by atomic mass is 16.4. The number of aromatic nitrogens is 1. The standard InChI is InChI=1S/C11H11NO4/c13-6-2-5-9-12-8-4-1-3-7(11(14)15)10(8)16-9/h1,3-4,13H,2,5-6H2,(H,14,15). The van der Waals surface area contributed by atoms with Crippen molar-refractivity contribution in [2.45, 2.75) is 12.8 Å². The molecule has 84 valence electrons. The zero-order chi connectivity index (χ0) is 11.5. The summed E-state index contributed by atoms with van der Waals surface area (Å²) in [6.07, 6.45) is 1.06. The number of aryl methyl sites for hydroxylation is 1. The number of para-hydroxylation sites is 1. The SMILES string of the molecule is O=C(O)c1cccc2nc(CCCO)oc12. The van der Waals surface area contributed by atoms with E-state index in [1.54, 1.807) is 12.1 Å². The fourth-order valence-electron chi connectivity index (χ4n) is 1.50. The van der Waals surface area contributed by atoms with E-state index in [4.69, 9.17) is 14.6 Å². The maximum Gasteiger partial charge on any atom is 0.339 e. The van der Waals surface area contributed by atoms with E-state index in [1.165, 1.54) is 6.07 Å². The van der Waals surface area contributed by atoms with Gasteiger partial charge in [0.25, 0.3) is 0 Å². The summed E-state index contributed by atoms with van der Waals surface area (Å²) < 4.78 is 5.36. The predicted molar refractivity (Wildman–Crippen MR) is 56.4 cm³/mol. The maximum atomic E-state index is 10.9. The van der Waals surface area contributed by atoms with Gasteiger partial charge in [-0.1, -0.05) is 6.07 Å². The summed E-state index contributed by atoms with van der Waals surface area (Å²) in [5.41, 5.74) is 0.941. The van der Waals surface area contributed by atoms with Gasteiger partial charge >= 0.3 is 5.97 Å². The lowest BCUT2D eigenvalue weighted by atomic mass is 10.2. The van der Waals surface area contributed by atoms with Crippen LogP contribution < -0.4 is 0 Å². The number of nitrogens with zero attached hydrogens (tertiary/aromatic N) is 1. The van der Waals surface area contributed by atoms with Crippen LogP contribution in [0.15, 0.2) is 22.6 Å². The summed E-state index contributed by atoms with van der Waals surface area (Å²) >= 11 is 0. The van der Waals surface area contributed by atoms with E-state index in [2.05, 4.69) is 4.98 Å². The third-order valence-corrected chi connectivity index (χ3v) is 2.24. The molecule has 5 nitrogen and oxygen atoms in total. The zero-order valence-corrected chi connectivity index (χ0v) is 8.51. The van der Waals surface area contributed by atoms with Gasteiger partial charge in [-0.2, -0.15) is 0 Å². The minimum Gasteiger partial charge on any atom is -0.478 e. The van der Waals surface area contributed by atoms with Crippen LogP contribution in [0.1, 0.15) is 22.7 Å². The van der Waals surface area contributed by atoms with Crippen molar-refractivity contribution in [3.05, 3.63) is 29.7 Å². The van der Waals surface area contributed by atoms with Gasteiger partial charge in [0.15, 0.2) is 11.5 Å². The molecule has 1 aromatic carbocycles. The second-order valence-corrected chi connectivity index (χ2v) is 3.39. The summed E-state index contributed by atoms with van der Waals surface area (Å²) in [6, 6.07) is 4.81. The van der Waals surface area contributed by atoms with E-state index in [1.807, 2.05) is 0 Å². The first kappa shape index (κ1) is 10.6. The minimum atomic E-state index is -1.03. The number of carboxylic acids is 1. The molecule has 2 rings (SSSR count). The number of hydrogen-bond donors (Lipinski definition) is 2. The number of oxazole rings is 1. The Kier molecular flexibility index (Phi) is 2.87. The van der Waals surface area contributed by atoms with Crippen molar-refractivity contribution in [3.63, 3.8) is 0 Å². The molecular formula is C11H11NO4. The van der Waals surface area contributed by atoms with Gasteiger partial charge in [-0.25, -0.2) is 9.78 Å². The van der Waals surface area contributed by atoms with Crippen LogP contribution in [-0.4, -0.2) is 27.8 Å². The number of rotatable bonds is 4. The van der Waals surface area contributed by atoms with Crippen molar-refractivity contribution in [1.82, 2.24) is 4.98 Å². The number of carbonyl (C=O) groups is 1. The van der Waals surface area contributed by atoms with E-state index in [0.29, 0.717) is 29.8 Å². The molecule has 5 heteroatoms.